The number of hydrogen-bond donors (Lipinski definition) is 3. The Morgan fingerprint density at radius 2 is 1.89 bits per heavy atom. The number of anilines is 1. The van der Waals surface area contributed by atoms with Gasteiger partial charge in [-0.25, -0.2) is 9.38 Å². The average Bonchev–Trinajstić information content (AvgIpc) is 3.46. The molecule has 4 aromatic rings. The number of hydrogen-bond acceptors (Lipinski definition) is 5. The van der Waals surface area contributed by atoms with Crippen LogP contribution in [0.25, 0.3) is 10.9 Å². The Balaban J connectivity index is 1.47. The van der Waals surface area contributed by atoms with E-state index in [1.165, 1.54) is 12.3 Å². The van der Waals surface area contributed by atoms with Crippen molar-refractivity contribution in [1.29, 1.82) is 0 Å². The van der Waals surface area contributed by atoms with Gasteiger partial charge in [0, 0.05) is 34.1 Å². The largest absolute Gasteiger partial charge is 0.411 e. The van der Waals surface area contributed by atoms with Crippen molar-refractivity contribution < 1.29 is 19.2 Å². The first-order valence-electron chi connectivity index (χ1n) is 11.4. The second-order valence-electron chi connectivity index (χ2n) is 8.59. The number of nitrogens with one attached hydrogen (secondary N) is 2. The molecule has 9 heteroatoms. The van der Waals surface area contributed by atoms with Gasteiger partial charge in [-0.1, -0.05) is 53.7 Å². The highest BCUT2D eigenvalue weighted by molar-refractivity contribution is 6.21. The van der Waals surface area contributed by atoms with Crippen LogP contribution in [0.4, 0.5) is 10.1 Å². The van der Waals surface area contributed by atoms with Crippen molar-refractivity contribution in [3.63, 3.8) is 0 Å². The van der Waals surface area contributed by atoms with Crippen LogP contribution in [-0.2, 0) is 11.2 Å². The summed E-state index contributed by atoms with van der Waals surface area (Å²) in [7, 11) is 0. The lowest BCUT2D eigenvalue weighted by molar-refractivity contribution is -0.120. The summed E-state index contributed by atoms with van der Waals surface area (Å²) >= 11 is 0. The van der Waals surface area contributed by atoms with Crippen molar-refractivity contribution in [2.24, 2.45) is 10.1 Å². The van der Waals surface area contributed by atoms with Crippen LogP contribution in [0, 0.1) is 5.82 Å². The van der Waals surface area contributed by atoms with E-state index < -0.39 is 23.8 Å². The third kappa shape index (κ3) is 3.36. The summed E-state index contributed by atoms with van der Waals surface area (Å²) < 4.78 is 14.9. The number of H-pyrrole nitrogens is 1. The fraction of sp³-hybridized carbons (Fsp3) is 0.111. The van der Waals surface area contributed by atoms with Gasteiger partial charge in [-0.05, 0) is 30.2 Å². The van der Waals surface area contributed by atoms with Gasteiger partial charge < -0.3 is 20.4 Å². The zero-order valence-corrected chi connectivity index (χ0v) is 18.9. The first-order chi connectivity index (χ1) is 17.6. The van der Waals surface area contributed by atoms with E-state index in [1.54, 1.807) is 41.3 Å². The van der Waals surface area contributed by atoms with Crippen LogP contribution in [0.2, 0.25) is 0 Å². The second-order valence-corrected chi connectivity index (χ2v) is 8.59. The molecule has 3 aromatic carbocycles. The molecule has 3 N–H and O–H groups in total. The van der Waals surface area contributed by atoms with E-state index in [0.717, 1.165) is 5.56 Å². The monoisotopic (exact) mass is 481 g/mol. The summed E-state index contributed by atoms with van der Waals surface area (Å²) in [5.41, 5.74) is 3.99. The molecule has 0 radical (unpaired) electrons. The quantitative estimate of drug-likeness (QED) is 0.235. The molecule has 2 aliphatic rings. The highest BCUT2D eigenvalue weighted by Gasteiger charge is 2.38. The summed E-state index contributed by atoms with van der Waals surface area (Å²) in [6, 6.07) is 19.0. The minimum absolute atomic E-state index is 0.119. The van der Waals surface area contributed by atoms with E-state index in [0.29, 0.717) is 46.4 Å². The molecule has 1 aromatic heterocycles. The molecule has 8 nitrogen and oxygen atoms in total. The Bertz CT molecular complexity index is 1610. The highest BCUT2D eigenvalue weighted by atomic mass is 19.1. The van der Waals surface area contributed by atoms with Crippen molar-refractivity contribution in [2.75, 3.05) is 11.4 Å². The first-order valence-corrected chi connectivity index (χ1v) is 11.4. The lowest BCUT2D eigenvalue weighted by atomic mass is 9.98. The lowest BCUT2D eigenvalue weighted by Gasteiger charge is -2.21. The maximum atomic E-state index is 14.9. The van der Waals surface area contributed by atoms with E-state index in [9.17, 15) is 14.0 Å². The summed E-state index contributed by atoms with van der Waals surface area (Å²) in [6.07, 6.45) is 0.522. The van der Waals surface area contributed by atoms with Crippen molar-refractivity contribution in [3.8, 4) is 0 Å². The summed E-state index contributed by atoms with van der Waals surface area (Å²) in [4.78, 5) is 36.3. The molecule has 36 heavy (non-hydrogen) atoms. The van der Waals surface area contributed by atoms with E-state index >= 15 is 0 Å². The van der Waals surface area contributed by atoms with Crippen LogP contribution in [0.1, 0.15) is 32.7 Å². The van der Waals surface area contributed by atoms with E-state index in [1.807, 2.05) is 24.3 Å². The molecule has 178 valence electrons. The summed E-state index contributed by atoms with van der Waals surface area (Å²) in [5.74, 6) is -1.49. The number of aliphatic imine (C=N–C) groups is 1. The summed E-state index contributed by atoms with van der Waals surface area (Å²) in [5, 5.41) is 15.7. The molecule has 6 rings (SSSR count). The van der Waals surface area contributed by atoms with Crippen molar-refractivity contribution >= 4 is 40.3 Å². The molecule has 3 heterocycles. The van der Waals surface area contributed by atoms with Gasteiger partial charge in [-0.3, -0.25) is 9.59 Å². The number of fused-ring (bicyclic) bond motifs is 1. The zero-order valence-electron chi connectivity index (χ0n) is 18.9. The number of carbonyl (C=O) groups is 2. The molecule has 0 saturated carbocycles. The number of aromatic nitrogens is 1. The standard InChI is InChI=1S/C27H20FN5O3/c28-20-10-3-1-8-17(20)22-18-9-5-6-15-12-13-33(24(15)18)27(35)25(31-22)32-26(34)23-19(14-29-36)16-7-2-4-11-21(16)30-23/h1-11,14,25,30,36H,12-13H2,(H,32,34)/b29-14-. The van der Waals surface area contributed by atoms with Gasteiger partial charge in [-0.15, -0.1) is 0 Å². The van der Waals surface area contributed by atoms with E-state index in [4.69, 9.17) is 5.21 Å². The van der Waals surface area contributed by atoms with Crippen LogP contribution < -0.4 is 10.2 Å². The van der Waals surface area contributed by atoms with Crippen molar-refractivity contribution in [2.45, 2.75) is 12.6 Å². The number of para-hydroxylation sites is 2. The molecule has 0 aliphatic carbocycles. The average molecular weight is 481 g/mol. The molecule has 0 fully saturated rings. The van der Waals surface area contributed by atoms with Gasteiger partial charge in [-0.2, -0.15) is 0 Å². The number of benzene rings is 3. The molecular formula is C27H20FN5O3. The number of aromatic amines is 1. The molecular weight excluding hydrogens is 461 g/mol. The third-order valence-corrected chi connectivity index (χ3v) is 6.56. The summed E-state index contributed by atoms with van der Waals surface area (Å²) in [6.45, 7) is 0.437. The van der Waals surface area contributed by atoms with Crippen molar-refractivity contribution in [3.05, 3.63) is 100 Å². The Hall–Kier alpha value is -4.79. The predicted molar refractivity (Wildman–Crippen MR) is 133 cm³/mol. The van der Waals surface area contributed by atoms with Gasteiger partial charge >= 0.3 is 0 Å². The normalized spacial score (nSPS) is 16.8. The lowest BCUT2D eigenvalue weighted by Crippen LogP contribution is -2.47. The highest BCUT2D eigenvalue weighted by Crippen LogP contribution is 2.36. The van der Waals surface area contributed by atoms with Gasteiger partial charge in [0.05, 0.1) is 17.6 Å². The van der Waals surface area contributed by atoms with Gasteiger partial charge in [0.1, 0.15) is 11.5 Å². The molecule has 1 unspecified atom stereocenters. The van der Waals surface area contributed by atoms with Gasteiger partial charge in [0.25, 0.3) is 11.8 Å². The topological polar surface area (TPSA) is 110 Å². The minimum atomic E-state index is -1.30. The first kappa shape index (κ1) is 21.7. The maximum Gasteiger partial charge on any atom is 0.272 e. The minimum Gasteiger partial charge on any atom is -0.411 e. The molecule has 0 bridgehead atoms. The number of nitrogens with zero attached hydrogens (tertiary/aromatic N) is 3. The predicted octanol–water partition coefficient (Wildman–Crippen LogP) is 3.61. The number of amides is 2. The molecule has 1 atom stereocenters. The number of oxime groups is 1. The van der Waals surface area contributed by atoms with E-state index in [2.05, 4.69) is 20.4 Å². The molecule has 2 amide bonds. The number of carbonyl (C=O) groups excluding carboxylic acids is 2. The number of halogens is 1. The fourth-order valence-electron chi connectivity index (χ4n) is 4.96. The number of rotatable bonds is 4. The van der Waals surface area contributed by atoms with Gasteiger partial charge in [0.15, 0.2) is 0 Å². The molecule has 2 aliphatic heterocycles. The van der Waals surface area contributed by atoms with Crippen LogP contribution in [-0.4, -0.2) is 46.6 Å². The Morgan fingerprint density at radius 3 is 2.72 bits per heavy atom. The van der Waals surface area contributed by atoms with Crippen LogP contribution >= 0.6 is 0 Å². The maximum absolute atomic E-state index is 14.9. The van der Waals surface area contributed by atoms with E-state index in [-0.39, 0.29) is 11.3 Å². The van der Waals surface area contributed by atoms with Crippen LogP contribution in [0.15, 0.2) is 76.9 Å². The second kappa shape index (κ2) is 8.46. The Labute approximate surface area is 204 Å². The smallest absolute Gasteiger partial charge is 0.272 e. The van der Waals surface area contributed by atoms with Crippen molar-refractivity contribution in [1.82, 2.24) is 10.3 Å². The van der Waals surface area contributed by atoms with Crippen LogP contribution in [0.3, 0.4) is 0 Å². The molecule has 0 spiro atoms. The van der Waals surface area contributed by atoms with Gasteiger partial charge in [0.2, 0.25) is 6.17 Å². The fourth-order valence-corrected chi connectivity index (χ4v) is 4.96. The SMILES string of the molecule is O=C(NC1N=C(c2ccccc2F)c2cccc3c2N(CC3)C1=O)c1[nH]c2ccccc2c1/C=N\O. The third-order valence-electron chi connectivity index (χ3n) is 6.56. The zero-order chi connectivity index (χ0) is 24.8. The Morgan fingerprint density at radius 1 is 1.11 bits per heavy atom. The Kier molecular flexibility index (Phi) is 5.10. The van der Waals surface area contributed by atoms with Crippen LogP contribution in [0.5, 0.6) is 0 Å². The molecule has 0 saturated heterocycles.